The van der Waals surface area contributed by atoms with Crippen molar-refractivity contribution in [2.24, 2.45) is 0 Å². The quantitative estimate of drug-likeness (QED) is 0.105. The van der Waals surface area contributed by atoms with Gasteiger partial charge in [0, 0.05) is 145 Å². The molecule has 0 atom stereocenters. The smallest absolute Gasteiger partial charge is 0.227 e. The monoisotopic (exact) mass is 1570 g/mol. The Morgan fingerprint density at radius 1 is 0.172 bits per heavy atom. The fraction of sp³-hybridized carbons (Fsp3) is 0. The number of anilines is 9. The lowest BCUT2D eigenvalue weighted by Gasteiger charge is -2.26. The zero-order valence-electron chi connectivity index (χ0n) is 65.6. The molecular formula is C110H70N8O4. The Balaban J connectivity index is 0.000000151. The van der Waals surface area contributed by atoms with Crippen LogP contribution in [0.5, 0.6) is 0 Å². The molecule has 0 fully saturated rings. The summed E-state index contributed by atoms with van der Waals surface area (Å²) in [6.07, 6.45) is 0. The highest BCUT2D eigenvalue weighted by molar-refractivity contribution is 6.15. The Morgan fingerprint density at radius 2 is 0.475 bits per heavy atom. The summed E-state index contributed by atoms with van der Waals surface area (Å²) in [7, 11) is 0. The number of benzene rings is 18. The van der Waals surface area contributed by atoms with Gasteiger partial charge in [-0.25, -0.2) is 9.97 Å². The highest BCUT2D eigenvalue weighted by Crippen LogP contribution is 2.47. The molecule has 122 heavy (non-hydrogen) atoms. The third kappa shape index (κ3) is 11.8. The van der Waals surface area contributed by atoms with E-state index in [1.165, 1.54) is 10.8 Å². The van der Waals surface area contributed by atoms with Gasteiger partial charge in [0.05, 0.1) is 33.1 Å². The van der Waals surface area contributed by atoms with Crippen LogP contribution in [0.1, 0.15) is 0 Å². The molecule has 0 aliphatic carbocycles. The first-order valence-corrected chi connectivity index (χ1v) is 41.0. The third-order valence-electron chi connectivity index (χ3n) is 23.6. The SMILES string of the molecule is c1ccc(N(c2ccccc2)c2ccc3c4ccccc4n(-c4cc(-c5nc6cc7oc8ccccc8c7cc6o5)cc(-n5c6ccccc6c6ccc(N(c7ccccc7)c7ccccc7)cc65)c4)c3c2)cc1.c1ccc(N(c2ccccc2)c2ccc3c4ccccc4n(-c4cccc(-c5nc6cc7oc8ccccc8c7cc6o5)c4)c3c2)cc1. The van der Waals surface area contributed by atoms with Gasteiger partial charge >= 0.3 is 0 Å². The number of furan rings is 2. The highest BCUT2D eigenvalue weighted by Gasteiger charge is 2.26. The normalized spacial score (nSPS) is 11.8. The van der Waals surface area contributed by atoms with Crippen molar-refractivity contribution in [3.8, 4) is 40.0 Å². The lowest BCUT2D eigenvalue weighted by atomic mass is 10.1. The van der Waals surface area contributed by atoms with Crippen LogP contribution in [0.25, 0.3) is 171 Å². The number of hydrogen-bond acceptors (Lipinski definition) is 9. The van der Waals surface area contributed by atoms with Crippen molar-refractivity contribution in [2.75, 3.05) is 14.7 Å². The van der Waals surface area contributed by atoms with Crippen LogP contribution in [-0.2, 0) is 0 Å². The van der Waals surface area contributed by atoms with E-state index in [0.29, 0.717) is 17.4 Å². The second-order valence-electron chi connectivity index (χ2n) is 30.8. The molecule has 0 spiro atoms. The maximum Gasteiger partial charge on any atom is 0.227 e. The van der Waals surface area contributed by atoms with Gasteiger partial charge < -0.3 is 46.1 Å². The summed E-state index contributed by atoms with van der Waals surface area (Å²) >= 11 is 0. The molecule has 0 bridgehead atoms. The lowest BCUT2D eigenvalue weighted by Crippen LogP contribution is -2.10. The fourth-order valence-corrected chi connectivity index (χ4v) is 18.2. The molecule has 0 aliphatic heterocycles. The first-order chi connectivity index (χ1) is 60.5. The Labute approximate surface area is 698 Å². The van der Waals surface area contributed by atoms with E-state index >= 15 is 0 Å². The molecule has 25 aromatic rings. The summed E-state index contributed by atoms with van der Waals surface area (Å²) < 4.78 is 32.9. The molecule has 0 amide bonds. The molecule has 0 N–H and O–H groups in total. The number of rotatable bonds is 14. The van der Waals surface area contributed by atoms with Crippen molar-refractivity contribution in [3.63, 3.8) is 0 Å². The van der Waals surface area contributed by atoms with Crippen molar-refractivity contribution in [2.45, 2.75) is 0 Å². The van der Waals surface area contributed by atoms with Crippen LogP contribution in [0, 0.1) is 0 Å². The average molecular weight is 1570 g/mol. The second-order valence-corrected chi connectivity index (χ2v) is 30.8. The third-order valence-corrected chi connectivity index (χ3v) is 23.6. The zero-order chi connectivity index (χ0) is 80.3. The van der Waals surface area contributed by atoms with Crippen molar-refractivity contribution < 1.29 is 17.7 Å². The molecule has 0 aliphatic rings. The minimum Gasteiger partial charge on any atom is -0.456 e. The molecule has 7 aromatic heterocycles. The van der Waals surface area contributed by atoms with Crippen LogP contribution in [0.4, 0.5) is 51.2 Å². The summed E-state index contributed by atoms with van der Waals surface area (Å²) in [5.41, 5.74) is 27.1. The number of nitrogens with zero attached hydrogens (tertiary/aromatic N) is 8. The molecule has 12 heteroatoms. The van der Waals surface area contributed by atoms with Crippen LogP contribution in [-0.4, -0.2) is 23.7 Å². The Kier molecular flexibility index (Phi) is 16.3. The first kappa shape index (κ1) is 69.6. The van der Waals surface area contributed by atoms with E-state index < -0.39 is 0 Å². The van der Waals surface area contributed by atoms with E-state index in [2.05, 4.69) is 398 Å². The van der Waals surface area contributed by atoms with Gasteiger partial charge in [-0.3, -0.25) is 0 Å². The minimum atomic E-state index is 0.515. The summed E-state index contributed by atoms with van der Waals surface area (Å²) in [5, 5.41) is 11.1. The van der Waals surface area contributed by atoms with Crippen molar-refractivity contribution >= 4 is 183 Å². The summed E-state index contributed by atoms with van der Waals surface area (Å²) in [4.78, 5) is 17.1. The predicted molar refractivity (Wildman–Crippen MR) is 501 cm³/mol. The average Bonchev–Trinajstić information content (AvgIpc) is 1.57. The van der Waals surface area contributed by atoms with Crippen molar-refractivity contribution in [3.05, 3.63) is 425 Å². The van der Waals surface area contributed by atoms with E-state index in [-0.39, 0.29) is 0 Å². The van der Waals surface area contributed by atoms with Gasteiger partial charge in [-0.15, -0.1) is 0 Å². The van der Waals surface area contributed by atoms with Gasteiger partial charge in [-0.2, -0.15) is 0 Å². The Bertz CT molecular complexity index is 8020. The maximum atomic E-state index is 6.89. The van der Waals surface area contributed by atoms with Gasteiger partial charge in [0.2, 0.25) is 11.8 Å². The number of para-hydroxylation sites is 11. The van der Waals surface area contributed by atoms with Gasteiger partial charge in [0.25, 0.3) is 0 Å². The van der Waals surface area contributed by atoms with Gasteiger partial charge in [0.15, 0.2) is 11.2 Å². The largest absolute Gasteiger partial charge is 0.456 e. The summed E-state index contributed by atoms with van der Waals surface area (Å²) in [6.45, 7) is 0. The summed E-state index contributed by atoms with van der Waals surface area (Å²) in [5.74, 6) is 1.09. The number of hydrogen-bond donors (Lipinski definition) is 0. The van der Waals surface area contributed by atoms with Crippen LogP contribution < -0.4 is 14.7 Å². The van der Waals surface area contributed by atoms with Gasteiger partial charge in [0.1, 0.15) is 33.4 Å². The molecule has 7 heterocycles. The topological polar surface area (TPSA) is 103 Å². The van der Waals surface area contributed by atoms with E-state index in [4.69, 9.17) is 27.6 Å². The highest BCUT2D eigenvalue weighted by atomic mass is 16.4. The zero-order valence-corrected chi connectivity index (χ0v) is 65.6. The van der Waals surface area contributed by atoms with Gasteiger partial charge in [-0.1, -0.05) is 224 Å². The minimum absolute atomic E-state index is 0.515. The molecule has 25 rings (SSSR count). The molecular weight excluding hydrogens is 1500 g/mol. The van der Waals surface area contributed by atoms with E-state index in [1.54, 1.807) is 0 Å². The Hall–Kier alpha value is -16.7. The molecule has 0 radical (unpaired) electrons. The number of fused-ring (bicyclic) bond motifs is 17. The molecule has 0 saturated carbocycles. The van der Waals surface area contributed by atoms with Crippen molar-refractivity contribution in [1.82, 2.24) is 23.7 Å². The molecule has 574 valence electrons. The van der Waals surface area contributed by atoms with Gasteiger partial charge in [-0.05, 0) is 188 Å². The number of aromatic nitrogens is 5. The molecule has 12 nitrogen and oxygen atoms in total. The predicted octanol–water partition coefficient (Wildman–Crippen LogP) is 30.5. The van der Waals surface area contributed by atoms with Crippen molar-refractivity contribution in [1.29, 1.82) is 0 Å². The van der Waals surface area contributed by atoms with E-state index in [0.717, 1.165) is 195 Å². The second kappa shape index (κ2) is 28.6. The van der Waals surface area contributed by atoms with E-state index in [9.17, 15) is 0 Å². The Morgan fingerprint density at radius 3 is 0.844 bits per heavy atom. The maximum absolute atomic E-state index is 6.89. The fourth-order valence-electron chi connectivity index (χ4n) is 18.2. The summed E-state index contributed by atoms with van der Waals surface area (Å²) in [6, 6.07) is 149. The molecule has 0 unspecified atom stereocenters. The number of oxazole rings is 2. The van der Waals surface area contributed by atoms with E-state index in [1.807, 2.05) is 54.6 Å². The lowest BCUT2D eigenvalue weighted by molar-refractivity contribution is 0.619. The molecule has 18 aromatic carbocycles. The first-order valence-electron chi connectivity index (χ1n) is 41.0. The van der Waals surface area contributed by atoms with Crippen LogP contribution in [0.15, 0.2) is 442 Å². The standard InChI is InChI=1S/C67H43N5O2.C43H27N3O2/c1-5-19-45(20-6-1)69(46-21-7-2-8-22-46)49-33-35-55-53-27-13-16-30-60(53)71(62(55)40-49)51-37-44(67-68-59-43-65-58(42-66(59)74-67)57-29-15-18-32-64(57)73-65)38-52(39-51)72-61-31-17-14-28-54(61)56-36-34-50(41-63(56)72)70(47-23-9-3-10-24-47)48-25-11-4-12-26-48;1-3-13-29(14-4-1)45(30-15-5-2-6-16-30)32-22-23-34-33-18-7-9-20-38(33)46(39(34)25-32)31-17-11-12-28(24-31)43-44-37-27-41-36(26-42(37)48-43)35-19-8-10-21-40(35)47-41/h1-43H;1-27H. The van der Waals surface area contributed by atoms with Crippen LogP contribution >= 0.6 is 0 Å². The van der Waals surface area contributed by atoms with Crippen LogP contribution in [0.3, 0.4) is 0 Å². The van der Waals surface area contributed by atoms with Crippen LogP contribution in [0.2, 0.25) is 0 Å². The molecule has 0 saturated heterocycles.